The molecule has 112 valence electrons. The molecule has 1 aromatic carbocycles. The van der Waals surface area contributed by atoms with E-state index < -0.39 is 15.8 Å². The molecule has 3 N–H and O–H groups in total. The lowest BCUT2D eigenvalue weighted by atomic mass is 10.1. The van der Waals surface area contributed by atoms with E-state index in [0.29, 0.717) is 16.8 Å². The number of rotatable bonds is 3. The van der Waals surface area contributed by atoms with Gasteiger partial charge in [0.15, 0.2) is 0 Å². The van der Waals surface area contributed by atoms with Gasteiger partial charge in [-0.05, 0) is 49.6 Å². The third-order valence-corrected chi connectivity index (χ3v) is 4.89. The SMILES string of the molecule is Cc1cnccc1NS(=O)(=O)c1c(C)cc(F)c(N)c1C. The van der Waals surface area contributed by atoms with Crippen LogP contribution in [0.3, 0.4) is 0 Å². The zero-order valence-corrected chi connectivity index (χ0v) is 12.8. The van der Waals surface area contributed by atoms with Gasteiger partial charge in [-0.25, -0.2) is 12.8 Å². The van der Waals surface area contributed by atoms with Crippen molar-refractivity contribution in [3.8, 4) is 0 Å². The number of aryl methyl sites for hydroxylation is 2. The predicted molar refractivity (Wildman–Crippen MR) is 80.1 cm³/mol. The molecule has 0 aliphatic heterocycles. The average molecular weight is 309 g/mol. The first kappa shape index (κ1) is 15.2. The van der Waals surface area contributed by atoms with Gasteiger partial charge in [0.05, 0.1) is 16.3 Å². The lowest BCUT2D eigenvalue weighted by Gasteiger charge is -2.15. The highest BCUT2D eigenvalue weighted by Crippen LogP contribution is 2.29. The van der Waals surface area contributed by atoms with E-state index in [1.807, 2.05) is 0 Å². The van der Waals surface area contributed by atoms with Crippen LogP contribution in [0.4, 0.5) is 15.8 Å². The molecular weight excluding hydrogens is 293 g/mol. The molecule has 0 unspecified atom stereocenters. The number of nitrogens with two attached hydrogens (primary N) is 1. The van der Waals surface area contributed by atoms with Gasteiger partial charge >= 0.3 is 0 Å². The van der Waals surface area contributed by atoms with E-state index >= 15 is 0 Å². The second kappa shape index (κ2) is 5.33. The lowest BCUT2D eigenvalue weighted by Crippen LogP contribution is -2.17. The minimum atomic E-state index is -3.86. The minimum Gasteiger partial charge on any atom is -0.396 e. The molecule has 0 aliphatic rings. The number of aromatic nitrogens is 1. The Labute approximate surface area is 123 Å². The van der Waals surface area contributed by atoms with Crippen molar-refractivity contribution in [2.24, 2.45) is 0 Å². The van der Waals surface area contributed by atoms with Gasteiger partial charge in [-0.15, -0.1) is 0 Å². The van der Waals surface area contributed by atoms with E-state index in [0.717, 1.165) is 6.07 Å². The van der Waals surface area contributed by atoms with Gasteiger partial charge in [0.25, 0.3) is 10.0 Å². The quantitative estimate of drug-likeness (QED) is 0.853. The number of halogens is 1. The summed E-state index contributed by atoms with van der Waals surface area (Å²) in [5.74, 6) is -0.621. The van der Waals surface area contributed by atoms with Gasteiger partial charge in [0.1, 0.15) is 5.82 Å². The van der Waals surface area contributed by atoms with E-state index in [1.165, 1.54) is 20.0 Å². The maximum absolute atomic E-state index is 13.6. The topological polar surface area (TPSA) is 85.1 Å². The van der Waals surface area contributed by atoms with Crippen LogP contribution in [0, 0.1) is 26.6 Å². The van der Waals surface area contributed by atoms with Crippen LogP contribution < -0.4 is 10.5 Å². The molecule has 0 atom stereocenters. The summed E-state index contributed by atoms with van der Waals surface area (Å²) in [6, 6.07) is 2.68. The number of hydrogen-bond donors (Lipinski definition) is 2. The highest BCUT2D eigenvalue weighted by molar-refractivity contribution is 7.92. The van der Waals surface area contributed by atoms with Gasteiger partial charge in [-0.1, -0.05) is 0 Å². The van der Waals surface area contributed by atoms with Gasteiger partial charge in [-0.3, -0.25) is 9.71 Å². The number of sulfonamides is 1. The molecule has 0 aliphatic carbocycles. The first-order valence-corrected chi connectivity index (χ1v) is 7.71. The third-order valence-electron chi connectivity index (χ3n) is 3.24. The number of nitrogens with zero attached hydrogens (tertiary/aromatic N) is 1. The fraction of sp³-hybridized carbons (Fsp3) is 0.214. The molecule has 1 aromatic heterocycles. The average Bonchev–Trinajstić information content (AvgIpc) is 2.38. The van der Waals surface area contributed by atoms with Gasteiger partial charge in [0, 0.05) is 12.4 Å². The van der Waals surface area contributed by atoms with E-state index in [9.17, 15) is 12.8 Å². The van der Waals surface area contributed by atoms with Crippen molar-refractivity contribution in [1.82, 2.24) is 4.98 Å². The standard InChI is InChI=1S/C14H16FN3O2S/c1-8-6-11(15)13(16)10(3)14(8)21(19,20)18-12-4-5-17-7-9(12)2/h4-7H,16H2,1-3H3,(H,17,18). The first-order chi connectivity index (χ1) is 9.74. The van der Waals surface area contributed by atoms with Crippen molar-refractivity contribution in [2.75, 3.05) is 10.5 Å². The zero-order valence-electron chi connectivity index (χ0n) is 11.9. The number of pyridine rings is 1. The van der Waals surface area contributed by atoms with Crippen LogP contribution in [-0.4, -0.2) is 13.4 Å². The molecular formula is C14H16FN3O2S. The predicted octanol–water partition coefficient (Wildman–Crippen LogP) is 2.53. The summed E-state index contributed by atoms with van der Waals surface area (Å²) >= 11 is 0. The van der Waals surface area contributed by atoms with Crippen LogP contribution in [0.2, 0.25) is 0 Å². The van der Waals surface area contributed by atoms with Crippen LogP contribution in [-0.2, 0) is 10.0 Å². The first-order valence-electron chi connectivity index (χ1n) is 6.22. The molecule has 0 saturated heterocycles. The van der Waals surface area contributed by atoms with E-state index in [1.54, 1.807) is 19.2 Å². The molecule has 7 heteroatoms. The van der Waals surface area contributed by atoms with Crippen molar-refractivity contribution in [1.29, 1.82) is 0 Å². The van der Waals surface area contributed by atoms with Crippen molar-refractivity contribution < 1.29 is 12.8 Å². The molecule has 0 spiro atoms. The number of nitrogens with one attached hydrogen (secondary N) is 1. The van der Waals surface area contributed by atoms with E-state index in [-0.39, 0.29) is 16.1 Å². The Hall–Kier alpha value is -2.15. The van der Waals surface area contributed by atoms with Crippen molar-refractivity contribution in [3.05, 3.63) is 47.0 Å². The molecule has 0 saturated carbocycles. The van der Waals surface area contributed by atoms with Crippen LogP contribution in [0.5, 0.6) is 0 Å². The monoisotopic (exact) mass is 309 g/mol. The van der Waals surface area contributed by atoms with Gasteiger partial charge < -0.3 is 5.73 Å². The number of hydrogen-bond acceptors (Lipinski definition) is 4. The van der Waals surface area contributed by atoms with Crippen molar-refractivity contribution in [3.63, 3.8) is 0 Å². The summed E-state index contributed by atoms with van der Waals surface area (Å²) < 4.78 is 41.1. The Bertz CT molecular complexity index is 804. The Morgan fingerprint density at radius 3 is 2.52 bits per heavy atom. The second-order valence-corrected chi connectivity index (χ2v) is 6.46. The normalized spacial score (nSPS) is 11.4. The van der Waals surface area contributed by atoms with Gasteiger partial charge in [-0.2, -0.15) is 0 Å². The summed E-state index contributed by atoms with van der Waals surface area (Å²) in [6.07, 6.45) is 3.04. The fourth-order valence-corrected chi connectivity index (χ4v) is 3.74. The number of benzene rings is 1. The molecule has 1 heterocycles. The smallest absolute Gasteiger partial charge is 0.262 e. The second-order valence-electron chi connectivity index (χ2n) is 4.84. The molecule has 21 heavy (non-hydrogen) atoms. The zero-order chi connectivity index (χ0) is 15.8. The van der Waals surface area contributed by atoms with E-state index in [4.69, 9.17) is 5.73 Å². The Morgan fingerprint density at radius 2 is 1.90 bits per heavy atom. The summed E-state index contributed by atoms with van der Waals surface area (Å²) in [5, 5.41) is 0. The Balaban J connectivity index is 2.56. The molecule has 0 bridgehead atoms. The van der Waals surface area contributed by atoms with E-state index in [2.05, 4.69) is 9.71 Å². The van der Waals surface area contributed by atoms with Crippen LogP contribution >= 0.6 is 0 Å². The Kier molecular flexibility index (Phi) is 3.87. The molecule has 0 fully saturated rings. The number of anilines is 2. The summed E-state index contributed by atoms with van der Waals surface area (Å²) in [5.41, 5.74) is 7.05. The molecule has 0 amide bonds. The third kappa shape index (κ3) is 2.82. The lowest BCUT2D eigenvalue weighted by molar-refractivity contribution is 0.598. The highest BCUT2D eigenvalue weighted by Gasteiger charge is 2.23. The largest absolute Gasteiger partial charge is 0.396 e. The summed E-state index contributed by atoms with van der Waals surface area (Å²) in [7, 11) is -3.86. The maximum Gasteiger partial charge on any atom is 0.262 e. The van der Waals surface area contributed by atoms with Crippen LogP contribution in [0.25, 0.3) is 0 Å². The van der Waals surface area contributed by atoms with Crippen LogP contribution in [0.15, 0.2) is 29.4 Å². The van der Waals surface area contributed by atoms with Crippen LogP contribution in [0.1, 0.15) is 16.7 Å². The molecule has 2 aromatic rings. The molecule has 0 radical (unpaired) electrons. The Morgan fingerprint density at radius 1 is 1.24 bits per heavy atom. The van der Waals surface area contributed by atoms with Gasteiger partial charge in [0.2, 0.25) is 0 Å². The summed E-state index contributed by atoms with van der Waals surface area (Å²) in [4.78, 5) is 3.90. The molecule has 5 nitrogen and oxygen atoms in total. The maximum atomic E-state index is 13.6. The summed E-state index contributed by atoms with van der Waals surface area (Å²) in [6.45, 7) is 4.76. The highest BCUT2D eigenvalue weighted by atomic mass is 32.2. The molecule has 2 rings (SSSR count). The fourth-order valence-electron chi connectivity index (χ4n) is 2.13. The van der Waals surface area contributed by atoms with Crippen molar-refractivity contribution >= 4 is 21.4 Å². The number of nitrogen functional groups attached to an aromatic ring is 1. The van der Waals surface area contributed by atoms with Crippen molar-refractivity contribution in [2.45, 2.75) is 25.7 Å². The minimum absolute atomic E-state index is 0.00221.